The van der Waals surface area contributed by atoms with Gasteiger partial charge in [0.25, 0.3) is 5.91 Å². The molecule has 2 atom stereocenters. The molecule has 1 aromatic carbocycles. The van der Waals surface area contributed by atoms with Gasteiger partial charge in [-0.05, 0) is 60.8 Å². The normalized spacial score (nSPS) is 23.0. The lowest BCUT2D eigenvalue weighted by molar-refractivity contribution is -0.133. The molecule has 0 unspecified atom stereocenters. The average molecular weight is 376 g/mol. The van der Waals surface area contributed by atoms with E-state index < -0.39 is 0 Å². The molecule has 3 aliphatic rings. The zero-order valence-corrected chi connectivity index (χ0v) is 16.9. The maximum Gasteiger partial charge on any atom is 0.260 e. The zero-order chi connectivity index (χ0) is 18.7. The van der Waals surface area contributed by atoms with Gasteiger partial charge in [-0.25, -0.2) is 0 Å². The highest BCUT2D eigenvalue weighted by molar-refractivity contribution is 6.30. The van der Waals surface area contributed by atoms with Crippen LogP contribution in [0.1, 0.15) is 46.5 Å². The Bertz CT molecular complexity index is 665. The number of rotatable bonds is 8. The number of carbonyl (C=O) groups excluding carboxylic acids is 1. The quantitative estimate of drug-likeness (QED) is 0.574. The van der Waals surface area contributed by atoms with Gasteiger partial charge >= 0.3 is 0 Å². The Labute approximate surface area is 162 Å². The van der Waals surface area contributed by atoms with Crippen molar-refractivity contribution in [3.05, 3.63) is 40.9 Å². The zero-order valence-electron chi connectivity index (χ0n) is 16.1. The molecule has 0 saturated heterocycles. The summed E-state index contributed by atoms with van der Waals surface area (Å²) >= 11 is 5.89. The van der Waals surface area contributed by atoms with E-state index >= 15 is 0 Å². The minimum Gasteiger partial charge on any atom is -0.484 e. The molecule has 2 bridgehead atoms. The predicted molar refractivity (Wildman–Crippen MR) is 107 cm³/mol. The Kier molecular flexibility index (Phi) is 5.96. The van der Waals surface area contributed by atoms with E-state index in [0.29, 0.717) is 22.1 Å². The van der Waals surface area contributed by atoms with Crippen LogP contribution in [0.4, 0.5) is 0 Å². The van der Waals surface area contributed by atoms with E-state index in [9.17, 15) is 4.79 Å². The SMILES string of the molecule is CCCCN(CC1=CC[C@H]2C[C@@H]1C2(C)C)C(=O)COc1ccc(Cl)cc1. The largest absolute Gasteiger partial charge is 0.484 e. The van der Waals surface area contributed by atoms with Crippen molar-refractivity contribution in [3.63, 3.8) is 0 Å². The fourth-order valence-corrected chi connectivity index (χ4v) is 4.41. The summed E-state index contributed by atoms with van der Waals surface area (Å²) < 4.78 is 5.68. The van der Waals surface area contributed by atoms with Crippen LogP contribution in [0.25, 0.3) is 0 Å². The molecule has 0 N–H and O–H groups in total. The third-order valence-corrected chi connectivity index (χ3v) is 6.52. The molecular formula is C22H30ClNO2. The monoisotopic (exact) mass is 375 g/mol. The number of amides is 1. The molecule has 3 nitrogen and oxygen atoms in total. The lowest BCUT2D eigenvalue weighted by Gasteiger charge is -2.57. The van der Waals surface area contributed by atoms with Gasteiger partial charge < -0.3 is 9.64 Å². The summed E-state index contributed by atoms with van der Waals surface area (Å²) in [5.41, 5.74) is 1.84. The van der Waals surface area contributed by atoms with Crippen LogP contribution in [0.2, 0.25) is 5.02 Å². The first-order chi connectivity index (χ1) is 12.4. The lowest BCUT2D eigenvalue weighted by Crippen LogP contribution is -2.50. The first kappa shape index (κ1) is 19.3. The Morgan fingerprint density at radius 1 is 1.31 bits per heavy atom. The van der Waals surface area contributed by atoms with E-state index in [1.54, 1.807) is 24.3 Å². The van der Waals surface area contributed by atoms with Crippen molar-refractivity contribution >= 4 is 17.5 Å². The molecule has 142 valence electrons. The topological polar surface area (TPSA) is 29.5 Å². The van der Waals surface area contributed by atoms with Crippen molar-refractivity contribution in [1.82, 2.24) is 4.90 Å². The number of ether oxygens (including phenoxy) is 1. The fraction of sp³-hybridized carbons (Fsp3) is 0.591. The first-order valence-electron chi connectivity index (χ1n) is 9.77. The Balaban J connectivity index is 1.60. The summed E-state index contributed by atoms with van der Waals surface area (Å²) in [5.74, 6) is 2.20. The highest BCUT2D eigenvalue weighted by Gasteiger charge is 2.51. The number of unbranched alkanes of at least 4 members (excludes halogenated alkanes) is 1. The molecule has 26 heavy (non-hydrogen) atoms. The van der Waals surface area contributed by atoms with Gasteiger partial charge in [-0.2, -0.15) is 0 Å². The molecular weight excluding hydrogens is 346 g/mol. The summed E-state index contributed by atoms with van der Waals surface area (Å²) in [6.45, 7) is 8.54. The van der Waals surface area contributed by atoms with Crippen LogP contribution in [0.15, 0.2) is 35.9 Å². The minimum absolute atomic E-state index is 0.0635. The van der Waals surface area contributed by atoms with Gasteiger partial charge in [-0.1, -0.05) is 50.4 Å². The number of carbonyl (C=O) groups is 1. The summed E-state index contributed by atoms with van der Waals surface area (Å²) in [6.07, 6.45) is 6.94. The van der Waals surface area contributed by atoms with Crippen LogP contribution in [-0.4, -0.2) is 30.5 Å². The van der Waals surface area contributed by atoms with Crippen LogP contribution < -0.4 is 4.74 Å². The van der Waals surface area contributed by atoms with Gasteiger partial charge in [0, 0.05) is 18.1 Å². The average Bonchev–Trinajstić information content (AvgIpc) is 2.64. The second kappa shape index (κ2) is 8.04. The van der Waals surface area contributed by atoms with Crippen LogP contribution in [0.5, 0.6) is 5.75 Å². The van der Waals surface area contributed by atoms with Crippen molar-refractivity contribution in [3.8, 4) is 5.75 Å². The molecule has 3 aliphatic carbocycles. The van der Waals surface area contributed by atoms with E-state index in [-0.39, 0.29) is 12.5 Å². The van der Waals surface area contributed by atoms with E-state index in [2.05, 4.69) is 26.8 Å². The summed E-state index contributed by atoms with van der Waals surface area (Å²) in [4.78, 5) is 14.8. The van der Waals surface area contributed by atoms with Crippen molar-refractivity contribution < 1.29 is 9.53 Å². The molecule has 0 aromatic heterocycles. The highest BCUT2D eigenvalue weighted by Crippen LogP contribution is 2.59. The Hall–Kier alpha value is -1.48. The summed E-state index contributed by atoms with van der Waals surface area (Å²) in [6, 6.07) is 7.15. The van der Waals surface area contributed by atoms with Crippen LogP contribution in [0.3, 0.4) is 0 Å². The number of fused-ring (bicyclic) bond motifs is 1. The van der Waals surface area contributed by atoms with Gasteiger partial charge in [-0.15, -0.1) is 0 Å². The van der Waals surface area contributed by atoms with Gasteiger partial charge in [-0.3, -0.25) is 4.79 Å². The maximum atomic E-state index is 12.8. The second-order valence-corrected chi connectivity index (χ2v) is 8.67. The maximum absolute atomic E-state index is 12.8. The molecule has 4 heteroatoms. The Morgan fingerprint density at radius 2 is 2.04 bits per heavy atom. The Morgan fingerprint density at radius 3 is 2.65 bits per heavy atom. The van der Waals surface area contributed by atoms with Gasteiger partial charge in [0.1, 0.15) is 5.75 Å². The smallest absolute Gasteiger partial charge is 0.260 e. The molecule has 1 saturated carbocycles. The minimum atomic E-state index is 0.0635. The van der Waals surface area contributed by atoms with Gasteiger partial charge in [0.2, 0.25) is 0 Å². The molecule has 1 amide bonds. The fourth-order valence-electron chi connectivity index (χ4n) is 4.28. The van der Waals surface area contributed by atoms with E-state index in [0.717, 1.165) is 38.3 Å². The molecule has 4 rings (SSSR count). The summed E-state index contributed by atoms with van der Waals surface area (Å²) in [7, 11) is 0. The van der Waals surface area contributed by atoms with Crippen LogP contribution >= 0.6 is 11.6 Å². The van der Waals surface area contributed by atoms with E-state index in [1.165, 1.54) is 12.0 Å². The van der Waals surface area contributed by atoms with Crippen molar-refractivity contribution in [2.24, 2.45) is 17.3 Å². The van der Waals surface area contributed by atoms with Crippen molar-refractivity contribution in [1.29, 1.82) is 0 Å². The number of halogens is 1. The van der Waals surface area contributed by atoms with Gasteiger partial charge in [0.15, 0.2) is 6.61 Å². The molecule has 1 aromatic rings. The second-order valence-electron chi connectivity index (χ2n) is 8.23. The van der Waals surface area contributed by atoms with Crippen molar-refractivity contribution in [2.45, 2.75) is 46.5 Å². The summed E-state index contributed by atoms with van der Waals surface area (Å²) in [5, 5.41) is 0.666. The third kappa shape index (κ3) is 4.09. The molecule has 0 heterocycles. The lowest BCUT2D eigenvalue weighted by atomic mass is 9.49. The number of nitrogens with zero attached hydrogens (tertiary/aromatic N) is 1. The number of benzene rings is 1. The number of hydrogen-bond acceptors (Lipinski definition) is 2. The predicted octanol–water partition coefficient (Wildman–Crippen LogP) is 5.34. The standard InChI is InChI=1S/C22H30ClNO2/c1-4-5-12-24(14-16-6-7-17-13-20(16)22(17,2)3)21(25)15-26-19-10-8-18(23)9-11-19/h6,8-11,17,20H,4-5,7,12-15H2,1-3H3/t17-,20-/m0/s1. The molecule has 0 radical (unpaired) electrons. The molecule has 0 aliphatic heterocycles. The molecule has 1 fully saturated rings. The van der Waals surface area contributed by atoms with Crippen molar-refractivity contribution in [2.75, 3.05) is 19.7 Å². The number of hydrogen-bond donors (Lipinski definition) is 0. The third-order valence-electron chi connectivity index (χ3n) is 6.27. The highest BCUT2D eigenvalue weighted by atomic mass is 35.5. The van der Waals surface area contributed by atoms with E-state index in [4.69, 9.17) is 16.3 Å². The van der Waals surface area contributed by atoms with Crippen LogP contribution in [0, 0.1) is 17.3 Å². The van der Waals surface area contributed by atoms with Crippen LogP contribution in [-0.2, 0) is 4.79 Å². The van der Waals surface area contributed by atoms with Gasteiger partial charge in [0.05, 0.1) is 0 Å². The van der Waals surface area contributed by atoms with E-state index in [1.807, 2.05) is 4.90 Å². The number of allylic oxidation sites excluding steroid dienone is 1. The molecule has 0 spiro atoms. The first-order valence-corrected chi connectivity index (χ1v) is 10.1.